The van der Waals surface area contributed by atoms with Crippen molar-refractivity contribution in [2.45, 2.75) is 6.54 Å². The van der Waals surface area contributed by atoms with Crippen LogP contribution in [0.2, 0.25) is 0 Å². The summed E-state index contributed by atoms with van der Waals surface area (Å²) in [5.74, 6) is -2.97. The first kappa shape index (κ1) is 10.7. The molecule has 16 heavy (non-hydrogen) atoms. The van der Waals surface area contributed by atoms with Crippen molar-refractivity contribution in [3.63, 3.8) is 0 Å². The Labute approximate surface area is 88.7 Å². The number of rotatable bonds is 2. The van der Waals surface area contributed by atoms with Crippen molar-refractivity contribution >= 4 is 0 Å². The van der Waals surface area contributed by atoms with Gasteiger partial charge in [0.05, 0.1) is 6.54 Å². The minimum absolute atomic E-state index is 0.0804. The van der Waals surface area contributed by atoms with Gasteiger partial charge in [-0.05, 0) is 6.07 Å². The smallest absolute Gasteiger partial charge is 0.161 e. The van der Waals surface area contributed by atoms with Gasteiger partial charge in [-0.2, -0.15) is 0 Å². The normalized spacial score (nSPS) is 10.8. The Balaban J connectivity index is 2.51. The Hall–Kier alpha value is -1.82. The Bertz CT molecular complexity index is 525. The van der Waals surface area contributed by atoms with Crippen LogP contribution in [0.4, 0.5) is 13.2 Å². The summed E-state index contributed by atoms with van der Waals surface area (Å²) >= 11 is 0. The molecule has 0 fully saturated rings. The average Bonchev–Trinajstić information content (AvgIpc) is 2.71. The fraction of sp³-hybridized carbons (Fsp3) is 0.100. The molecule has 0 amide bonds. The van der Waals surface area contributed by atoms with Crippen molar-refractivity contribution in [2.75, 3.05) is 0 Å². The highest BCUT2D eigenvalue weighted by Crippen LogP contribution is 2.24. The molecule has 0 saturated carbocycles. The monoisotopic (exact) mass is 228 g/mol. The number of hydrogen-bond acceptors (Lipinski definition) is 3. The van der Waals surface area contributed by atoms with E-state index in [0.29, 0.717) is 11.8 Å². The lowest BCUT2D eigenvalue weighted by Gasteiger charge is -1.99. The lowest BCUT2D eigenvalue weighted by molar-refractivity contribution is 0.386. The predicted octanol–water partition coefficient (Wildman–Crippen LogP) is 2.22. The first-order valence-corrected chi connectivity index (χ1v) is 4.42. The van der Waals surface area contributed by atoms with E-state index in [4.69, 9.17) is 10.3 Å². The van der Waals surface area contributed by atoms with E-state index in [1.165, 1.54) is 6.07 Å². The third-order valence-electron chi connectivity index (χ3n) is 2.05. The number of halogens is 3. The lowest BCUT2D eigenvalue weighted by atomic mass is 10.1. The van der Waals surface area contributed by atoms with Crippen molar-refractivity contribution in [3.8, 4) is 11.3 Å². The summed E-state index contributed by atoms with van der Waals surface area (Å²) < 4.78 is 43.6. The molecule has 1 aromatic carbocycles. The van der Waals surface area contributed by atoms with Crippen molar-refractivity contribution in [2.24, 2.45) is 5.73 Å². The Morgan fingerprint density at radius 3 is 2.38 bits per heavy atom. The summed E-state index contributed by atoms with van der Waals surface area (Å²) in [6.07, 6.45) is 0. The van der Waals surface area contributed by atoms with E-state index >= 15 is 0 Å². The predicted molar refractivity (Wildman–Crippen MR) is 49.7 cm³/mol. The second-order valence-electron chi connectivity index (χ2n) is 3.13. The first-order valence-electron chi connectivity index (χ1n) is 4.42. The highest BCUT2D eigenvalue weighted by Gasteiger charge is 2.14. The van der Waals surface area contributed by atoms with E-state index in [9.17, 15) is 13.2 Å². The van der Waals surface area contributed by atoms with E-state index < -0.39 is 17.5 Å². The summed E-state index contributed by atoms with van der Waals surface area (Å²) in [7, 11) is 0. The maximum absolute atomic E-state index is 13.3. The van der Waals surface area contributed by atoms with Crippen molar-refractivity contribution in [1.29, 1.82) is 0 Å². The molecule has 0 aliphatic rings. The zero-order chi connectivity index (χ0) is 11.7. The van der Waals surface area contributed by atoms with Gasteiger partial charge in [0.2, 0.25) is 0 Å². The molecule has 0 aliphatic carbocycles. The van der Waals surface area contributed by atoms with Gasteiger partial charge in [-0.1, -0.05) is 5.16 Å². The van der Waals surface area contributed by atoms with Gasteiger partial charge in [-0.15, -0.1) is 0 Å². The van der Waals surface area contributed by atoms with Crippen molar-refractivity contribution in [3.05, 3.63) is 41.4 Å². The van der Waals surface area contributed by atoms with Crippen LogP contribution in [0.15, 0.2) is 22.7 Å². The van der Waals surface area contributed by atoms with Crippen LogP contribution < -0.4 is 5.73 Å². The van der Waals surface area contributed by atoms with Gasteiger partial charge in [-0.25, -0.2) is 13.2 Å². The van der Waals surface area contributed by atoms with Crippen LogP contribution in [0, 0.1) is 17.5 Å². The number of hydrogen-bond donors (Lipinski definition) is 1. The molecule has 0 aliphatic heterocycles. The summed E-state index contributed by atoms with van der Waals surface area (Å²) in [4.78, 5) is 0. The SMILES string of the molecule is NCc1cc(-c2cc(F)c(F)cc2F)no1. The molecule has 6 heteroatoms. The molecule has 2 aromatic rings. The topological polar surface area (TPSA) is 52.0 Å². The van der Waals surface area contributed by atoms with E-state index in [0.717, 1.165) is 6.07 Å². The number of benzene rings is 1. The third kappa shape index (κ3) is 1.79. The minimum Gasteiger partial charge on any atom is -0.359 e. The van der Waals surface area contributed by atoms with Gasteiger partial charge in [-0.3, -0.25) is 0 Å². The van der Waals surface area contributed by atoms with Crippen LogP contribution in [0.1, 0.15) is 5.76 Å². The molecule has 0 bridgehead atoms. The molecule has 0 spiro atoms. The van der Waals surface area contributed by atoms with Gasteiger partial charge >= 0.3 is 0 Å². The standard InChI is InChI=1S/C10H7F3N2O/c11-7-3-9(13)8(12)2-6(7)10-1-5(4-14)16-15-10/h1-3H,4,14H2. The summed E-state index contributed by atoms with van der Waals surface area (Å²) in [5.41, 5.74) is 5.19. The fourth-order valence-corrected chi connectivity index (χ4v) is 1.25. The summed E-state index contributed by atoms with van der Waals surface area (Å²) in [6, 6.07) is 2.56. The summed E-state index contributed by atoms with van der Waals surface area (Å²) in [6.45, 7) is 0.0955. The highest BCUT2D eigenvalue weighted by atomic mass is 19.2. The number of aromatic nitrogens is 1. The van der Waals surface area contributed by atoms with Crippen molar-refractivity contribution in [1.82, 2.24) is 5.16 Å². The minimum atomic E-state index is -1.25. The van der Waals surface area contributed by atoms with Crippen LogP contribution in [0.3, 0.4) is 0 Å². The molecule has 1 heterocycles. The van der Waals surface area contributed by atoms with Crippen LogP contribution in [0.5, 0.6) is 0 Å². The molecule has 2 rings (SSSR count). The van der Waals surface area contributed by atoms with Crippen LogP contribution in [-0.4, -0.2) is 5.16 Å². The molecule has 2 N–H and O–H groups in total. The fourth-order valence-electron chi connectivity index (χ4n) is 1.25. The third-order valence-corrected chi connectivity index (χ3v) is 2.05. The van der Waals surface area contributed by atoms with Crippen molar-refractivity contribution < 1.29 is 17.7 Å². The Morgan fingerprint density at radius 2 is 1.75 bits per heavy atom. The van der Waals surface area contributed by atoms with Gasteiger partial charge in [0.25, 0.3) is 0 Å². The molecule has 0 radical (unpaired) electrons. The molecular weight excluding hydrogens is 221 g/mol. The van der Waals surface area contributed by atoms with E-state index in [-0.39, 0.29) is 17.8 Å². The van der Waals surface area contributed by atoms with Gasteiger partial charge in [0, 0.05) is 17.7 Å². The summed E-state index contributed by atoms with van der Waals surface area (Å²) in [5, 5.41) is 3.50. The lowest BCUT2D eigenvalue weighted by Crippen LogP contribution is -1.93. The maximum atomic E-state index is 13.3. The van der Waals surface area contributed by atoms with Crippen LogP contribution >= 0.6 is 0 Å². The molecular formula is C10H7F3N2O. The zero-order valence-corrected chi connectivity index (χ0v) is 8.01. The molecule has 1 aromatic heterocycles. The first-order chi connectivity index (χ1) is 7.61. The van der Waals surface area contributed by atoms with E-state index in [2.05, 4.69) is 5.16 Å². The Kier molecular flexibility index (Phi) is 2.66. The second-order valence-corrected chi connectivity index (χ2v) is 3.13. The molecule has 0 unspecified atom stereocenters. The van der Waals surface area contributed by atoms with Gasteiger partial charge in [0.1, 0.15) is 11.5 Å². The largest absolute Gasteiger partial charge is 0.359 e. The average molecular weight is 228 g/mol. The second kappa shape index (κ2) is 3.97. The maximum Gasteiger partial charge on any atom is 0.161 e. The zero-order valence-electron chi connectivity index (χ0n) is 8.01. The quantitative estimate of drug-likeness (QED) is 0.802. The van der Waals surface area contributed by atoms with E-state index in [1.807, 2.05) is 0 Å². The van der Waals surface area contributed by atoms with Gasteiger partial charge in [0.15, 0.2) is 17.4 Å². The highest BCUT2D eigenvalue weighted by molar-refractivity contribution is 5.59. The van der Waals surface area contributed by atoms with Gasteiger partial charge < -0.3 is 10.3 Å². The molecule has 0 saturated heterocycles. The Morgan fingerprint density at radius 1 is 1.06 bits per heavy atom. The number of nitrogens with zero attached hydrogens (tertiary/aromatic N) is 1. The molecule has 0 atom stereocenters. The van der Waals surface area contributed by atoms with E-state index in [1.54, 1.807) is 0 Å². The molecule has 3 nitrogen and oxygen atoms in total. The van der Waals surface area contributed by atoms with Crippen LogP contribution in [0.25, 0.3) is 11.3 Å². The number of nitrogens with two attached hydrogens (primary N) is 1. The van der Waals surface area contributed by atoms with Crippen LogP contribution in [-0.2, 0) is 6.54 Å². The molecule has 84 valence electrons.